The maximum absolute atomic E-state index is 9.42. The Morgan fingerprint density at radius 3 is 2.61 bits per heavy atom. The highest BCUT2D eigenvalue weighted by molar-refractivity contribution is 5.78. The van der Waals surface area contributed by atoms with Crippen molar-refractivity contribution in [2.75, 3.05) is 13.1 Å². The molecule has 5 nitrogen and oxygen atoms in total. The third-order valence-corrected chi connectivity index (χ3v) is 5.55. The summed E-state index contributed by atoms with van der Waals surface area (Å²) in [6.45, 7) is 4.99. The molecular formula is C23H22N4O. The molecule has 1 N–H and O–H groups in total. The van der Waals surface area contributed by atoms with E-state index in [1.165, 1.54) is 11.1 Å². The van der Waals surface area contributed by atoms with Crippen LogP contribution in [0, 0.1) is 6.92 Å². The molecule has 0 unspecified atom stereocenters. The van der Waals surface area contributed by atoms with Crippen molar-refractivity contribution in [2.45, 2.75) is 19.4 Å². The quantitative estimate of drug-likeness (QED) is 0.590. The second-order valence-corrected chi connectivity index (χ2v) is 7.52. The van der Waals surface area contributed by atoms with Gasteiger partial charge in [0.1, 0.15) is 11.6 Å². The Bertz CT molecular complexity index is 1130. The number of aromatic hydroxyl groups is 1. The number of fused-ring (bicyclic) bond motifs is 1. The first-order valence-electron chi connectivity index (χ1n) is 9.57. The molecule has 3 heterocycles. The highest BCUT2D eigenvalue weighted by atomic mass is 16.3. The van der Waals surface area contributed by atoms with Crippen LogP contribution in [-0.2, 0) is 6.54 Å². The Labute approximate surface area is 163 Å². The van der Waals surface area contributed by atoms with Crippen molar-refractivity contribution >= 4 is 5.52 Å². The summed E-state index contributed by atoms with van der Waals surface area (Å²) in [5, 5.41) is 9.42. The Morgan fingerprint density at radius 2 is 1.82 bits per heavy atom. The number of likely N-dealkylation sites (tertiary alicyclic amines) is 1. The second-order valence-electron chi connectivity index (χ2n) is 7.52. The van der Waals surface area contributed by atoms with E-state index < -0.39 is 0 Å². The van der Waals surface area contributed by atoms with Crippen LogP contribution in [0.1, 0.15) is 22.9 Å². The van der Waals surface area contributed by atoms with Crippen molar-refractivity contribution in [1.29, 1.82) is 0 Å². The first-order valence-corrected chi connectivity index (χ1v) is 9.57. The number of phenolic OH excluding ortho intramolecular Hbond substituents is 1. The number of hydrogen-bond acceptors (Lipinski definition) is 4. The average Bonchev–Trinajstić information content (AvgIpc) is 3.10. The standard InChI is InChI=1S/C23H22N4O/c1-16-4-2-3-5-20(16)22-21-12-25-23(27(21)11-10-24-22)18-14-26(15-18)13-17-6-8-19(28)9-7-17/h2-12,18,28H,13-15H2,1H3. The Hall–Kier alpha value is -3.18. The maximum Gasteiger partial charge on any atom is 0.119 e. The van der Waals surface area contributed by atoms with Gasteiger partial charge in [-0.25, -0.2) is 4.98 Å². The fourth-order valence-corrected chi connectivity index (χ4v) is 4.02. The van der Waals surface area contributed by atoms with Gasteiger partial charge in [0.05, 0.1) is 17.4 Å². The van der Waals surface area contributed by atoms with Crippen molar-refractivity contribution in [2.24, 2.45) is 0 Å². The minimum absolute atomic E-state index is 0.312. The molecule has 28 heavy (non-hydrogen) atoms. The third kappa shape index (κ3) is 2.94. The van der Waals surface area contributed by atoms with E-state index in [0.29, 0.717) is 11.7 Å². The molecule has 5 heteroatoms. The fraction of sp³-hybridized carbons (Fsp3) is 0.217. The number of rotatable bonds is 4. The SMILES string of the molecule is Cc1ccccc1-c1nccn2c(C3CN(Cc4ccc(O)cc4)C3)ncc12. The van der Waals surface area contributed by atoms with Crippen molar-refractivity contribution in [3.05, 3.63) is 84.1 Å². The molecule has 1 saturated heterocycles. The second kappa shape index (κ2) is 6.77. The minimum Gasteiger partial charge on any atom is -0.508 e. The fourth-order valence-electron chi connectivity index (χ4n) is 4.02. The molecule has 1 aliphatic rings. The lowest BCUT2D eigenvalue weighted by atomic mass is 9.98. The van der Waals surface area contributed by atoms with E-state index in [1.54, 1.807) is 12.1 Å². The highest BCUT2D eigenvalue weighted by Gasteiger charge is 2.31. The van der Waals surface area contributed by atoms with Crippen molar-refractivity contribution in [3.8, 4) is 17.0 Å². The number of nitrogens with zero attached hydrogens (tertiary/aromatic N) is 4. The van der Waals surface area contributed by atoms with Crippen LogP contribution in [0.3, 0.4) is 0 Å². The van der Waals surface area contributed by atoms with E-state index in [1.807, 2.05) is 30.7 Å². The molecule has 140 valence electrons. The average molecular weight is 370 g/mol. The number of aryl methyl sites for hydroxylation is 1. The zero-order valence-electron chi connectivity index (χ0n) is 15.8. The van der Waals surface area contributed by atoms with Crippen LogP contribution in [0.2, 0.25) is 0 Å². The van der Waals surface area contributed by atoms with Crippen LogP contribution >= 0.6 is 0 Å². The molecule has 0 spiro atoms. The zero-order chi connectivity index (χ0) is 19.1. The first kappa shape index (κ1) is 17.0. The molecule has 0 aliphatic carbocycles. The van der Waals surface area contributed by atoms with Crippen molar-refractivity contribution in [3.63, 3.8) is 0 Å². The molecule has 0 bridgehead atoms. The predicted molar refractivity (Wildman–Crippen MR) is 109 cm³/mol. The van der Waals surface area contributed by atoms with E-state index in [4.69, 9.17) is 4.98 Å². The third-order valence-electron chi connectivity index (χ3n) is 5.55. The number of imidazole rings is 1. The van der Waals surface area contributed by atoms with Gasteiger partial charge in [-0.3, -0.25) is 14.3 Å². The lowest BCUT2D eigenvalue weighted by molar-refractivity contribution is 0.134. The van der Waals surface area contributed by atoms with E-state index in [9.17, 15) is 5.11 Å². The van der Waals surface area contributed by atoms with Gasteiger partial charge in [-0.2, -0.15) is 0 Å². The summed E-state index contributed by atoms with van der Waals surface area (Å²) < 4.78 is 2.19. The number of benzene rings is 2. The summed E-state index contributed by atoms with van der Waals surface area (Å²) >= 11 is 0. The van der Waals surface area contributed by atoms with Gasteiger partial charge in [0, 0.05) is 43.5 Å². The van der Waals surface area contributed by atoms with Gasteiger partial charge in [-0.15, -0.1) is 0 Å². The molecule has 0 saturated carbocycles. The van der Waals surface area contributed by atoms with Crippen LogP contribution in [0.15, 0.2) is 67.1 Å². The molecule has 5 rings (SSSR count). The summed E-state index contributed by atoms with van der Waals surface area (Å²) in [6.07, 6.45) is 5.83. The Balaban J connectivity index is 1.37. The van der Waals surface area contributed by atoms with E-state index in [0.717, 1.165) is 42.2 Å². The lowest BCUT2D eigenvalue weighted by Crippen LogP contribution is -2.44. The molecule has 0 amide bonds. The summed E-state index contributed by atoms with van der Waals surface area (Å²) in [4.78, 5) is 11.8. The summed E-state index contributed by atoms with van der Waals surface area (Å²) in [5.41, 5.74) is 5.63. The predicted octanol–water partition coefficient (Wildman–Crippen LogP) is 4.01. The topological polar surface area (TPSA) is 53.7 Å². The minimum atomic E-state index is 0.312. The van der Waals surface area contributed by atoms with Gasteiger partial charge in [0.2, 0.25) is 0 Å². The van der Waals surface area contributed by atoms with E-state index >= 15 is 0 Å². The lowest BCUT2D eigenvalue weighted by Gasteiger charge is -2.38. The molecule has 2 aromatic heterocycles. The number of phenols is 1. The van der Waals surface area contributed by atoms with Gasteiger partial charge >= 0.3 is 0 Å². The van der Waals surface area contributed by atoms with Crippen LogP contribution in [0.4, 0.5) is 0 Å². The molecule has 1 fully saturated rings. The Kier molecular flexibility index (Phi) is 4.10. The normalized spacial score (nSPS) is 15.0. The van der Waals surface area contributed by atoms with Gasteiger partial charge < -0.3 is 5.11 Å². The van der Waals surface area contributed by atoms with Crippen LogP contribution in [-0.4, -0.2) is 37.5 Å². The molecule has 1 aliphatic heterocycles. The monoisotopic (exact) mass is 370 g/mol. The van der Waals surface area contributed by atoms with Crippen molar-refractivity contribution < 1.29 is 5.11 Å². The molecule has 0 atom stereocenters. The highest BCUT2D eigenvalue weighted by Crippen LogP contribution is 2.31. The first-order chi connectivity index (χ1) is 13.7. The molecule has 0 radical (unpaired) electrons. The van der Waals surface area contributed by atoms with Gasteiger partial charge in [-0.1, -0.05) is 36.4 Å². The maximum atomic E-state index is 9.42. The smallest absolute Gasteiger partial charge is 0.119 e. The molecule has 4 aromatic rings. The summed E-state index contributed by atoms with van der Waals surface area (Å²) in [6, 6.07) is 15.8. The zero-order valence-corrected chi connectivity index (χ0v) is 15.8. The largest absolute Gasteiger partial charge is 0.508 e. The van der Waals surface area contributed by atoms with Crippen molar-refractivity contribution in [1.82, 2.24) is 19.3 Å². The number of hydrogen-bond donors (Lipinski definition) is 1. The molecular weight excluding hydrogens is 348 g/mol. The number of aromatic nitrogens is 3. The van der Waals surface area contributed by atoms with Crippen LogP contribution < -0.4 is 0 Å². The van der Waals surface area contributed by atoms with Crippen LogP contribution in [0.5, 0.6) is 5.75 Å². The van der Waals surface area contributed by atoms with Gasteiger partial charge in [0.15, 0.2) is 0 Å². The molecule has 2 aromatic carbocycles. The summed E-state index contributed by atoms with van der Waals surface area (Å²) in [7, 11) is 0. The van der Waals surface area contributed by atoms with Gasteiger partial charge in [-0.05, 0) is 30.2 Å². The van der Waals surface area contributed by atoms with Gasteiger partial charge in [0.25, 0.3) is 0 Å². The van der Waals surface area contributed by atoms with Crippen LogP contribution in [0.25, 0.3) is 16.8 Å². The van der Waals surface area contributed by atoms with E-state index in [2.05, 4.69) is 45.5 Å². The summed E-state index contributed by atoms with van der Waals surface area (Å²) in [5.74, 6) is 1.84. The van der Waals surface area contributed by atoms with E-state index in [-0.39, 0.29) is 0 Å². The Morgan fingerprint density at radius 1 is 1.04 bits per heavy atom.